The normalized spacial score (nSPS) is 20.0. The number of nitrogens with two attached hydrogens (primary N) is 1. The van der Waals surface area contributed by atoms with Gasteiger partial charge in [-0.2, -0.15) is 5.10 Å². The van der Waals surface area contributed by atoms with Gasteiger partial charge in [-0.05, 0) is 13.8 Å². The molecule has 1 saturated heterocycles. The Morgan fingerprint density at radius 3 is 3.10 bits per heavy atom. The fraction of sp³-hybridized carbons (Fsp3) is 0.692. The number of ether oxygens (including phenoxy) is 2. The largest absolute Gasteiger partial charge is 0.462 e. The molecule has 1 aromatic heterocycles. The molecule has 0 bridgehead atoms. The van der Waals surface area contributed by atoms with Crippen molar-refractivity contribution in [3.63, 3.8) is 0 Å². The summed E-state index contributed by atoms with van der Waals surface area (Å²) in [5, 5.41) is 4.16. The lowest BCUT2D eigenvalue weighted by molar-refractivity contribution is -0.00195. The van der Waals surface area contributed by atoms with Crippen molar-refractivity contribution in [1.82, 2.24) is 14.7 Å². The first kappa shape index (κ1) is 14.8. The number of hydrogen-bond donors (Lipinski definition) is 1. The first-order valence-corrected chi connectivity index (χ1v) is 6.93. The number of rotatable bonds is 5. The van der Waals surface area contributed by atoms with Crippen LogP contribution in [0.4, 0.5) is 5.82 Å². The summed E-state index contributed by atoms with van der Waals surface area (Å²) in [5.74, 6) is -0.0552. The number of esters is 1. The van der Waals surface area contributed by atoms with Crippen molar-refractivity contribution in [2.75, 3.05) is 38.6 Å². The molecular weight excluding hydrogens is 260 g/mol. The number of hydrogen-bond acceptors (Lipinski definition) is 6. The molecule has 0 radical (unpaired) electrons. The van der Waals surface area contributed by atoms with E-state index in [1.807, 2.05) is 0 Å². The van der Waals surface area contributed by atoms with Crippen LogP contribution in [0.25, 0.3) is 0 Å². The van der Waals surface area contributed by atoms with Gasteiger partial charge in [0.05, 0.1) is 32.6 Å². The number of morpholine rings is 1. The number of carbonyl (C=O) groups is 1. The van der Waals surface area contributed by atoms with Crippen molar-refractivity contribution in [3.8, 4) is 0 Å². The Kier molecular flexibility index (Phi) is 4.97. The number of carbonyl (C=O) groups excluding carboxylic acids is 1. The molecule has 7 heteroatoms. The highest BCUT2D eigenvalue weighted by molar-refractivity contribution is 5.93. The average Bonchev–Trinajstić information content (AvgIpc) is 2.79. The Labute approximate surface area is 118 Å². The maximum Gasteiger partial charge on any atom is 0.343 e. The number of aromatic nitrogens is 2. The molecule has 0 aromatic carbocycles. The van der Waals surface area contributed by atoms with Crippen molar-refractivity contribution in [2.24, 2.45) is 0 Å². The van der Waals surface area contributed by atoms with Gasteiger partial charge in [0.25, 0.3) is 0 Å². The first-order valence-electron chi connectivity index (χ1n) is 6.93. The second-order valence-corrected chi connectivity index (χ2v) is 4.85. The smallest absolute Gasteiger partial charge is 0.343 e. The van der Waals surface area contributed by atoms with Crippen LogP contribution in [0.15, 0.2) is 6.20 Å². The molecule has 1 fully saturated rings. The van der Waals surface area contributed by atoms with Gasteiger partial charge in [0.2, 0.25) is 0 Å². The van der Waals surface area contributed by atoms with Gasteiger partial charge in [-0.3, -0.25) is 4.90 Å². The van der Waals surface area contributed by atoms with E-state index in [9.17, 15) is 4.79 Å². The van der Waals surface area contributed by atoms with Gasteiger partial charge in [-0.15, -0.1) is 0 Å². The van der Waals surface area contributed by atoms with Gasteiger partial charge >= 0.3 is 5.97 Å². The second kappa shape index (κ2) is 6.71. The third-order valence-corrected chi connectivity index (χ3v) is 3.48. The van der Waals surface area contributed by atoms with Crippen LogP contribution in [-0.4, -0.2) is 59.6 Å². The zero-order valence-corrected chi connectivity index (χ0v) is 12.0. The molecule has 112 valence electrons. The molecular formula is C13H22N4O3. The van der Waals surface area contributed by atoms with Crippen LogP contribution in [0.3, 0.4) is 0 Å². The lowest BCUT2D eigenvalue weighted by Gasteiger charge is -2.33. The standard InChI is InChI=1S/C13H22N4O3/c1-3-20-13(18)11-8-15-17(12(11)14)5-4-16-6-7-19-9-10(16)2/h8,10H,3-7,9,14H2,1-2H3/t10-/m1/s1. The van der Waals surface area contributed by atoms with Crippen LogP contribution in [-0.2, 0) is 16.0 Å². The molecule has 1 aliphatic rings. The molecule has 0 aliphatic carbocycles. The quantitative estimate of drug-likeness (QED) is 0.785. The van der Waals surface area contributed by atoms with Crippen LogP contribution in [0, 0.1) is 0 Å². The molecule has 2 heterocycles. The van der Waals surface area contributed by atoms with Crippen molar-refractivity contribution < 1.29 is 14.3 Å². The van der Waals surface area contributed by atoms with Crippen LogP contribution in [0.1, 0.15) is 24.2 Å². The van der Waals surface area contributed by atoms with E-state index in [0.717, 1.165) is 26.3 Å². The highest BCUT2D eigenvalue weighted by Crippen LogP contribution is 2.13. The Bertz CT molecular complexity index is 460. The molecule has 20 heavy (non-hydrogen) atoms. The maximum absolute atomic E-state index is 11.7. The fourth-order valence-electron chi connectivity index (χ4n) is 2.26. The molecule has 1 atom stereocenters. The Morgan fingerprint density at radius 1 is 1.60 bits per heavy atom. The molecule has 1 aromatic rings. The van der Waals surface area contributed by atoms with E-state index >= 15 is 0 Å². The van der Waals surface area contributed by atoms with Crippen LogP contribution in [0.5, 0.6) is 0 Å². The number of nitrogen functional groups attached to an aromatic ring is 1. The minimum Gasteiger partial charge on any atom is -0.462 e. The van der Waals surface area contributed by atoms with Crippen molar-refractivity contribution >= 4 is 11.8 Å². The maximum atomic E-state index is 11.7. The Balaban J connectivity index is 1.94. The summed E-state index contributed by atoms with van der Waals surface area (Å²) in [6.07, 6.45) is 1.47. The lowest BCUT2D eigenvalue weighted by Crippen LogP contribution is -2.45. The number of nitrogens with zero attached hydrogens (tertiary/aromatic N) is 3. The highest BCUT2D eigenvalue weighted by Gasteiger charge is 2.20. The summed E-state index contributed by atoms with van der Waals surface area (Å²) in [5.41, 5.74) is 6.28. The topological polar surface area (TPSA) is 82.6 Å². The molecule has 0 amide bonds. The van der Waals surface area contributed by atoms with E-state index in [4.69, 9.17) is 15.2 Å². The molecule has 1 aliphatic heterocycles. The molecule has 2 rings (SSSR count). The minimum absolute atomic E-state index is 0.328. The van der Waals surface area contributed by atoms with Gasteiger partial charge in [0.15, 0.2) is 0 Å². The van der Waals surface area contributed by atoms with Gasteiger partial charge in [-0.25, -0.2) is 9.48 Å². The van der Waals surface area contributed by atoms with Crippen LogP contribution >= 0.6 is 0 Å². The number of anilines is 1. The van der Waals surface area contributed by atoms with E-state index in [2.05, 4.69) is 16.9 Å². The predicted molar refractivity (Wildman–Crippen MR) is 74.4 cm³/mol. The zero-order chi connectivity index (χ0) is 14.5. The Morgan fingerprint density at radius 2 is 2.40 bits per heavy atom. The van der Waals surface area contributed by atoms with E-state index in [-0.39, 0.29) is 0 Å². The highest BCUT2D eigenvalue weighted by atomic mass is 16.5. The van der Waals surface area contributed by atoms with Gasteiger partial charge in [0.1, 0.15) is 11.4 Å². The summed E-state index contributed by atoms with van der Waals surface area (Å²) in [6.45, 7) is 8.12. The van der Waals surface area contributed by atoms with E-state index < -0.39 is 5.97 Å². The van der Waals surface area contributed by atoms with Gasteiger partial charge in [0, 0.05) is 19.1 Å². The average molecular weight is 282 g/mol. The molecule has 0 saturated carbocycles. The summed E-state index contributed by atoms with van der Waals surface area (Å²) in [6, 6.07) is 0.394. The first-order chi connectivity index (χ1) is 9.63. The van der Waals surface area contributed by atoms with Crippen LogP contribution < -0.4 is 5.73 Å². The van der Waals surface area contributed by atoms with Gasteiger partial charge < -0.3 is 15.2 Å². The molecule has 0 spiro atoms. The second-order valence-electron chi connectivity index (χ2n) is 4.85. The summed E-state index contributed by atoms with van der Waals surface area (Å²) >= 11 is 0. The van der Waals surface area contributed by atoms with Crippen molar-refractivity contribution in [1.29, 1.82) is 0 Å². The SMILES string of the molecule is CCOC(=O)c1cnn(CCN2CCOC[C@H]2C)c1N. The third kappa shape index (κ3) is 3.29. The van der Waals surface area contributed by atoms with Gasteiger partial charge in [-0.1, -0.05) is 0 Å². The summed E-state index contributed by atoms with van der Waals surface area (Å²) in [7, 11) is 0. The third-order valence-electron chi connectivity index (χ3n) is 3.48. The Hall–Kier alpha value is -1.60. The summed E-state index contributed by atoms with van der Waals surface area (Å²) in [4.78, 5) is 14.0. The van der Waals surface area contributed by atoms with E-state index in [0.29, 0.717) is 30.6 Å². The minimum atomic E-state index is -0.420. The lowest BCUT2D eigenvalue weighted by atomic mass is 10.2. The van der Waals surface area contributed by atoms with E-state index in [1.165, 1.54) is 6.20 Å². The molecule has 2 N–H and O–H groups in total. The van der Waals surface area contributed by atoms with Crippen LogP contribution in [0.2, 0.25) is 0 Å². The zero-order valence-electron chi connectivity index (χ0n) is 12.0. The molecule has 7 nitrogen and oxygen atoms in total. The monoisotopic (exact) mass is 282 g/mol. The fourth-order valence-corrected chi connectivity index (χ4v) is 2.26. The van der Waals surface area contributed by atoms with E-state index in [1.54, 1.807) is 11.6 Å². The van der Waals surface area contributed by atoms with Crippen molar-refractivity contribution in [2.45, 2.75) is 26.4 Å². The predicted octanol–water partition coefficient (Wildman–Crippen LogP) is 0.363. The van der Waals surface area contributed by atoms with Crippen molar-refractivity contribution in [3.05, 3.63) is 11.8 Å². The summed E-state index contributed by atoms with van der Waals surface area (Å²) < 4.78 is 12.0. The molecule has 0 unspecified atom stereocenters.